The van der Waals surface area contributed by atoms with Crippen LogP contribution in [0.25, 0.3) is 11.4 Å². The minimum Gasteiger partial charge on any atom is -0.326 e. The minimum atomic E-state index is -0.437. The molecule has 0 aliphatic carbocycles. The van der Waals surface area contributed by atoms with Gasteiger partial charge in [-0.15, -0.1) is 0 Å². The summed E-state index contributed by atoms with van der Waals surface area (Å²) in [5.74, 6) is 1.26. The van der Waals surface area contributed by atoms with Gasteiger partial charge in [-0.05, 0) is 49.1 Å². The maximum Gasteiger partial charge on any atom is 0.230 e. The van der Waals surface area contributed by atoms with Gasteiger partial charge in [0.15, 0.2) is 5.82 Å². The van der Waals surface area contributed by atoms with Gasteiger partial charge in [0.2, 0.25) is 5.91 Å². The molecule has 3 aromatic rings. The second kappa shape index (κ2) is 8.80. The fourth-order valence-electron chi connectivity index (χ4n) is 3.01. The van der Waals surface area contributed by atoms with Crippen molar-refractivity contribution in [3.63, 3.8) is 0 Å². The fraction of sp³-hybridized carbons (Fsp3) is 0.318. The zero-order valence-electron chi connectivity index (χ0n) is 16.4. The van der Waals surface area contributed by atoms with Crippen LogP contribution in [0.4, 0.5) is 5.69 Å². The number of hydrogen-bond acceptors (Lipinski definition) is 4. The average molecular weight is 377 g/mol. The van der Waals surface area contributed by atoms with Gasteiger partial charge < -0.3 is 11.1 Å². The van der Waals surface area contributed by atoms with Crippen LogP contribution in [0.2, 0.25) is 0 Å². The zero-order valence-corrected chi connectivity index (χ0v) is 16.4. The van der Waals surface area contributed by atoms with E-state index in [1.54, 1.807) is 0 Å². The Morgan fingerprint density at radius 1 is 1.11 bits per heavy atom. The van der Waals surface area contributed by atoms with Crippen molar-refractivity contribution in [3.8, 4) is 11.4 Å². The van der Waals surface area contributed by atoms with Crippen LogP contribution in [-0.4, -0.2) is 21.1 Å². The third-order valence-electron chi connectivity index (χ3n) is 4.85. The van der Waals surface area contributed by atoms with Gasteiger partial charge in [0.25, 0.3) is 0 Å². The Bertz CT molecular complexity index is 900. The number of aromatic amines is 1. The molecule has 0 aliphatic heterocycles. The summed E-state index contributed by atoms with van der Waals surface area (Å²) in [6.45, 7) is 4.30. The number of nitrogens with zero attached hydrogens (tertiary/aromatic N) is 2. The van der Waals surface area contributed by atoms with E-state index in [0.717, 1.165) is 30.5 Å². The summed E-state index contributed by atoms with van der Waals surface area (Å²) in [6.07, 6.45) is 2.77. The molecule has 0 spiro atoms. The van der Waals surface area contributed by atoms with Gasteiger partial charge in [0.05, 0.1) is 6.54 Å². The number of hydrogen-bond donors (Lipinski definition) is 3. The molecule has 0 bridgehead atoms. The first-order chi connectivity index (χ1) is 13.5. The summed E-state index contributed by atoms with van der Waals surface area (Å²) in [5.41, 5.74) is 8.05. The van der Waals surface area contributed by atoms with Crippen LogP contribution in [0.15, 0.2) is 54.6 Å². The van der Waals surface area contributed by atoms with Crippen LogP contribution < -0.4 is 11.1 Å². The van der Waals surface area contributed by atoms with Gasteiger partial charge >= 0.3 is 0 Å². The molecule has 4 N–H and O–H groups in total. The number of amides is 1. The Balaban J connectivity index is 1.55. The molecule has 0 fully saturated rings. The summed E-state index contributed by atoms with van der Waals surface area (Å²) >= 11 is 0. The number of nitrogens with two attached hydrogens (primary N) is 1. The van der Waals surface area contributed by atoms with Gasteiger partial charge in [0.1, 0.15) is 5.82 Å². The van der Waals surface area contributed by atoms with Gasteiger partial charge in [0, 0.05) is 16.7 Å². The fourth-order valence-corrected chi connectivity index (χ4v) is 3.01. The number of aromatic nitrogens is 3. The van der Waals surface area contributed by atoms with Crippen molar-refractivity contribution < 1.29 is 4.79 Å². The normalized spacial score (nSPS) is 11.4. The van der Waals surface area contributed by atoms with Gasteiger partial charge in [-0.1, -0.05) is 44.2 Å². The van der Waals surface area contributed by atoms with Crippen molar-refractivity contribution in [2.24, 2.45) is 11.1 Å². The van der Waals surface area contributed by atoms with E-state index in [-0.39, 0.29) is 5.91 Å². The molecule has 6 heteroatoms. The van der Waals surface area contributed by atoms with Crippen LogP contribution in [0.1, 0.15) is 38.1 Å². The molecule has 0 saturated carbocycles. The molecular weight excluding hydrogens is 350 g/mol. The van der Waals surface area contributed by atoms with Gasteiger partial charge in [-0.2, -0.15) is 5.10 Å². The van der Waals surface area contributed by atoms with Crippen LogP contribution >= 0.6 is 0 Å². The summed E-state index contributed by atoms with van der Waals surface area (Å²) in [7, 11) is 0. The van der Waals surface area contributed by atoms with E-state index in [1.165, 1.54) is 5.56 Å². The molecule has 0 aliphatic rings. The topological polar surface area (TPSA) is 96.7 Å². The van der Waals surface area contributed by atoms with Crippen LogP contribution in [0.5, 0.6) is 0 Å². The second-order valence-electron chi connectivity index (χ2n) is 7.56. The molecular formula is C22H27N5O. The molecule has 6 nitrogen and oxygen atoms in total. The van der Waals surface area contributed by atoms with E-state index < -0.39 is 5.41 Å². The maximum atomic E-state index is 12.7. The third kappa shape index (κ3) is 5.04. The highest BCUT2D eigenvalue weighted by Crippen LogP contribution is 2.26. The maximum absolute atomic E-state index is 12.7. The molecule has 1 amide bonds. The monoisotopic (exact) mass is 377 g/mol. The zero-order chi connectivity index (χ0) is 20.0. The SMILES string of the molecule is CC(C)(CCCc1ccccc1)C(=O)Nc1ccc(-c2n[nH]c(CN)n2)cc1. The number of benzene rings is 2. The van der Waals surface area contributed by atoms with Crippen LogP contribution in [-0.2, 0) is 17.8 Å². The van der Waals surface area contributed by atoms with Crippen molar-refractivity contribution in [1.82, 2.24) is 15.2 Å². The molecule has 0 saturated heterocycles. The molecule has 0 unspecified atom stereocenters. The number of carbonyl (C=O) groups excluding carboxylic acids is 1. The highest BCUT2D eigenvalue weighted by atomic mass is 16.2. The Kier molecular flexibility index (Phi) is 6.21. The van der Waals surface area contributed by atoms with Crippen molar-refractivity contribution in [1.29, 1.82) is 0 Å². The molecule has 0 radical (unpaired) electrons. The number of anilines is 1. The molecule has 146 valence electrons. The van der Waals surface area contributed by atoms with Gasteiger partial charge in [-0.25, -0.2) is 4.98 Å². The van der Waals surface area contributed by atoms with Crippen LogP contribution in [0.3, 0.4) is 0 Å². The van der Waals surface area contributed by atoms with Crippen molar-refractivity contribution in [3.05, 3.63) is 66.0 Å². The first-order valence-corrected chi connectivity index (χ1v) is 9.55. The van der Waals surface area contributed by atoms with E-state index in [2.05, 4.69) is 32.6 Å². The highest BCUT2D eigenvalue weighted by molar-refractivity contribution is 5.94. The van der Waals surface area contributed by atoms with Gasteiger partial charge in [-0.3, -0.25) is 9.89 Å². The third-order valence-corrected chi connectivity index (χ3v) is 4.85. The molecule has 1 aromatic heterocycles. The second-order valence-corrected chi connectivity index (χ2v) is 7.56. The van der Waals surface area contributed by atoms with E-state index in [9.17, 15) is 4.79 Å². The Hall–Kier alpha value is -2.99. The Morgan fingerprint density at radius 3 is 2.46 bits per heavy atom. The van der Waals surface area contributed by atoms with E-state index in [1.807, 2.05) is 56.3 Å². The smallest absolute Gasteiger partial charge is 0.230 e. The molecule has 3 rings (SSSR count). The quantitative estimate of drug-likeness (QED) is 0.554. The predicted molar refractivity (Wildman–Crippen MR) is 112 cm³/mol. The number of nitrogens with one attached hydrogen (secondary N) is 2. The van der Waals surface area contributed by atoms with Crippen molar-refractivity contribution in [2.75, 3.05) is 5.32 Å². The number of rotatable bonds is 8. The lowest BCUT2D eigenvalue weighted by molar-refractivity contribution is -0.124. The summed E-state index contributed by atoms with van der Waals surface area (Å²) in [4.78, 5) is 17.0. The molecule has 2 aromatic carbocycles. The van der Waals surface area contributed by atoms with Crippen molar-refractivity contribution in [2.45, 2.75) is 39.7 Å². The number of aryl methyl sites for hydroxylation is 1. The highest BCUT2D eigenvalue weighted by Gasteiger charge is 2.27. The lowest BCUT2D eigenvalue weighted by atomic mass is 9.85. The van der Waals surface area contributed by atoms with E-state index in [4.69, 9.17) is 5.73 Å². The molecule has 1 heterocycles. The van der Waals surface area contributed by atoms with Crippen molar-refractivity contribution >= 4 is 11.6 Å². The van der Waals surface area contributed by atoms with Crippen LogP contribution in [0, 0.1) is 5.41 Å². The van der Waals surface area contributed by atoms with E-state index in [0.29, 0.717) is 18.2 Å². The number of carbonyl (C=O) groups is 1. The minimum absolute atomic E-state index is 0.0247. The molecule has 0 atom stereocenters. The lowest BCUT2D eigenvalue weighted by Crippen LogP contribution is -2.30. The lowest BCUT2D eigenvalue weighted by Gasteiger charge is -2.23. The Morgan fingerprint density at radius 2 is 1.82 bits per heavy atom. The summed E-state index contributed by atoms with van der Waals surface area (Å²) in [5, 5.41) is 9.96. The summed E-state index contributed by atoms with van der Waals surface area (Å²) in [6, 6.07) is 17.9. The molecule has 28 heavy (non-hydrogen) atoms. The Labute approximate surface area is 165 Å². The van der Waals surface area contributed by atoms with E-state index >= 15 is 0 Å². The average Bonchev–Trinajstić information content (AvgIpc) is 3.18. The number of H-pyrrole nitrogens is 1. The summed E-state index contributed by atoms with van der Waals surface area (Å²) < 4.78 is 0. The predicted octanol–water partition coefficient (Wildman–Crippen LogP) is 3.92. The standard InChI is InChI=1S/C22H27N5O/c1-22(2,14-6-9-16-7-4-3-5-8-16)21(28)24-18-12-10-17(11-13-18)20-25-19(15-23)26-27-20/h3-5,7-8,10-13H,6,9,14-15,23H2,1-2H3,(H,24,28)(H,25,26,27). The first kappa shape index (κ1) is 19.8. The largest absolute Gasteiger partial charge is 0.326 e. The first-order valence-electron chi connectivity index (χ1n) is 9.55.